The highest BCUT2D eigenvalue weighted by Gasteiger charge is 2.30. The third-order valence-corrected chi connectivity index (χ3v) is 4.98. The molecule has 1 fully saturated rings. The van der Waals surface area contributed by atoms with Crippen molar-refractivity contribution in [2.75, 3.05) is 11.9 Å². The Morgan fingerprint density at radius 3 is 2.80 bits per heavy atom. The van der Waals surface area contributed by atoms with Crippen LogP contribution in [0.25, 0.3) is 0 Å². The summed E-state index contributed by atoms with van der Waals surface area (Å²) in [5.74, 6) is 1.03. The standard InChI is InChI=1S/C21H27N3O/c1-3-16(2)23-20-18(12-9-14-22-20)19-13-7-8-15-24(19)21(25)17-10-5-4-6-11-17/h4-6,9-12,14,16,19H,3,7-8,13,15H2,1-2H3,(H,22,23)/t16-,19-/m1/s1. The van der Waals surface area contributed by atoms with Gasteiger partial charge in [0.1, 0.15) is 5.82 Å². The van der Waals surface area contributed by atoms with E-state index >= 15 is 0 Å². The fourth-order valence-electron chi connectivity index (χ4n) is 3.39. The molecule has 0 radical (unpaired) electrons. The number of hydrogen-bond acceptors (Lipinski definition) is 3. The normalized spacial score (nSPS) is 18.6. The first-order valence-electron chi connectivity index (χ1n) is 9.28. The zero-order valence-electron chi connectivity index (χ0n) is 15.1. The van der Waals surface area contributed by atoms with Gasteiger partial charge in [-0.05, 0) is 50.8 Å². The van der Waals surface area contributed by atoms with Gasteiger partial charge in [0, 0.05) is 29.9 Å². The Bertz CT molecular complexity index is 701. The smallest absolute Gasteiger partial charge is 0.254 e. The van der Waals surface area contributed by atoms with Gasteiger partial charge in [-0.25, -0.2) is 4.98 Å². The maximum Gasteiger partial charge on any atom is 0.254 e. The summed E-state index contributed by atoms with van der Waals surface area (Å²) in [7, 11) is 0. The monoisotopic (exact) mass is 337 g/mol. The van der Waals surface area contributed by atoms with Crippen molar-refractivity contribution in [1.29, 1.82) is 0 Å². The van der Waals surface area contributed by atoms with Crippen LogP contribution < -0.4 is 5.32 Å². The van der Waals surface area contributed by atoms with E-state index in [0.29, 0.717) is 6.04 Å². The molecule has 0 spiro atoms. The van der Waals surface area contributed by atoms with E-state index in [9.17, 15) is 4.79 Å². The van der Waals surface area contributed by atoms with Crippen LogP contribution in [0.4, 0.5) is 5.82 Å². The average molecular weight is 337 g/mol. The fraction of sp³-hybridized carbons (Fsp3) is 0.429. The van der Waals surface area contributed by atoms with Crippen molar-refractivity contribution in [2.24, 2.45) is 0 Å². The molecule has 2 atom stereocenters. The zero-order valence-corrected chi connectivity index (χ0v) is 15.1. The van der Waals surface area contributed by atoms with Crippen LogP contribution in [0.5, 0.6) is 0 Å². The largest absolute Gasteiger partial charge is 0.367 e. The summed E-state index contributed by atoms with van der Waals surface area (Å²) in [6, 6.07) is 14.1. The number of nitrogens with one attached hydrogen (secondary N) is 1. The molecule has 25 heavy (non-hydrogen) atoms. The van der Waals surface area contributed by atoms with Gasteiger partial charge >= 0.3 is 0 Å². The van der Waals surface area contributed by atoms with Crippen molar-refractivity contribution in [3.05, 3.63) is 59.8 Å². The van der Waals surface area contributed by atoms with Gasteiger partial charge in [-0.2, -0.15) is 0 Å². The number of rotatable bonds is 5. The lowest BCUT2D eigenvalue weighted by atomic mass is 9.94. The molecule has 3 rings (SSSR count). The minimum atomic E-state index is 0.0849. The first-order chi connectivity index (χ1) is 12.2. The van der Waals surface area contributed by atoms with Crippen molar-refractivity contribution in [3.8, 4) is 0 Å². The SMILES string of the molecule is CC[C@@H](C)Nc1ncccc1[C@H]1CCCCN1C(=O)c1ccccc1. The summed E-state index contributed by atoms with van der Waals surface area (Å²) in [5.41, 5.74) is 1.89. The Hall–Kier alpha value is -2.36. The second-order valence-corrected chi connectivity index (χ2v) is 6.77. The summed E-state index contributed by atoms with van der Waals surface area (Å²) in [5, 5.41) is 3.51. The molecular weight excluding hydrogens is 310 g/mol. The van der Waals surface area contributed by atoms with Crippen molar-refractivity contribution < 1.29 is 4.79 Å². The number of nitrogens with zero attached hydrogens (tertiary/aromatic N) is 2. The second-order valence-electron chi connectivity index (χ2n) is 6.77. The van der Waals surface area contributed by atoms with E-state index < -0.39 is 0 Å². The first kappa shape index (κ1) is 17.5. The van der Waals surface area contributed by atoms with Crippen LogP contribution in [0.2, 0.25) is 0 Å². The van der Waals surface area contributed by atoms with Crippen LogP contribution in [-0.2, 0) is 0 Å². The van der Waals surface area contributed by atoms with Crippen LogP contribution in [-0.4, -0.2) is 28.4 Å². The van der Waals surface area contributed by atoms with Gasteiger partial charge in [0.2, 0.25) is 0 Å². The third kappa shape index (κ3) is 4.01. The number of benzene rings is 1. The van der Waals surface area contributed by atoms with Gasteiger partial charge in [0.25, 0.3) is 5.91 Å². The van der Waals surface area contributed by atoms with Gasteiger partial charge in [0.15, 0.2) is 0 Å². The highest BCUT2D eigenvalue weighted by Crippen LogP contribution is 2.35. The highest BCUT2D eigenvalue weighted by atomic mass is 16.2. The number of aromatic nitrogens is 1. The molecule has 0 aliphatic carbocycles. The van der Waals surface area contributed by atoms with Crippen LogP contribution in [0.15, 0.2) is 48.7 Å². The lowest BCUT2D eigenvalue weighted by Gasteiger charge is -2.37. The Kier molecular flexibility index (Phi) is 5.69. The minimum Gasteiger partial charge on any atom is -0.367 e. The molecule has 132 valence electrons. The molecule has 1 saturated heterocycles. The van der Waals surface area contributed by atoms with E-state index in [1.807, 2.05) is 47.5 Å². The number of piperidine rings is 1. The molecule has 4 heteroatoms. The van der Waals surface area contributed by atoms with Crippen LogP contribution in [0.1, 0.15) is 61.5 Å². The predicted molar refractivity (Wildman–Crippen MR) is 102 cm³/mol. The topological polar surface area (TPSA) is 45.2 Å². The van der Waals surface area contributed by atoms with Crippen molar-refractivity contribution in [1.82, 2.24) is 9.88 Å². The molecule has 1 N–H and O–H groups in total. The van der Waals surface area contributed by atoms with Gasteiger partial charge in [-0.15, -0.1) is 0 Å². The lowest BCUT2D eigenvalue weighted by molar-refractivity contribution is 0.0612. The highest BCUT2D eigenvalue weighted by molar-refractivity contribution is 5.94. The molecule has 1 aromatic heterocycles. The molecule has 1 aliphatic rings. The van der Waals surface area contributed by atoms with Gasteiger partial charge < -0.3 is 10.2 Å². The summed E-state index contributed by atoms with van der Waals surface area (Å²) in [6.07, 6.45) is 6.04. The minimum absolute atomic E-state index is 0.0849. The molecule has 2 heterocycles. The van der Waals surface area contributed by atoms with Crippen molar-refractivity contribution >= 4 is 11.7 Å². The second kappa shape index (κ2) is 8.15. The summed E-state index contributed by atoms with van der Waals surface area (Å²) < 4.78 is 0. The molecule has 1 aromatic carbocycles. The number of carbonyl (C=O) groups is 1. The summed E-state index contributed by atoms with van der Waals surface area (Å²) >= 11 is 0. The zero-order chi connectivity index (χ0) is 17.6. The maximum absolute atomic E-state index is 13.1. The number of anilines is 1. The number of likely N-dealkylation sites (tertiary alicyclic amines) is 1. The number of carbonyl (C=O) groups excluding carboxylic acids is 1. The van der Waals surface area contributed by atoms with E-state index in [1.165, 1.54) is 0 Å². The Morgan fingerprint density at radius 1 is 1.24 bits per heavy atom. The number of hydrogen-bond donors (Lipinski definition) is 1. The van der Waals surface area contributed by atoms with E-state index in [-0.39, 0.29) is 11.9 Å². The van der Waals surface area contributed by atoms with Gasteiger partial charge in [-0.3, -0.25) is 4.79 Å². The summed E-state index contributed by atoms with van der Waals surface area (Å²) in [4.78, 5) is 19.6. The number of amides is 1. The Balaban J connectivity index is 1.90. The van der Waals surface area contributed by atoms with Crippen LogP contribution in [0, 0.1) is 0 Å². The van der Waals surface area contributed by atoms with E-state index in [0.717, 1.165) is 49.2 Å². The van der Waals surface area contributed by atoms with Gasteiger partial charge in [-0.1, -0.05) is 31.2 Å². The third-order valence-electron chi connectivity index (χ3n) is 4.98. The molecule has 0 saturated carbocycles. The molecule has 4 nitrogen and oxygen atoms in total. The Labute approximate surface area is 150 Å². The lowest BCUT2D eigenvalue weighted by Crippen LogP contribution is -2.39. The van der Waals surface area contributed by atoms with Crippen molar-refractivity contribution in [3.63, 3.8) is 0 Å². The average Bonchev–Trinajstić information content (AvgIpc) is 2.68. The van der Waals surface area contributed by atoms with Crippen LogP contribution in [0.3, 0.4) is 0 Å². The fourth-order valence-corrected chi connectivity index (χ4v) is 3.39. The molecule has 1 aliphatic heterocycles. The first-order valence-corrected chi connectivity index (χ1v) is 9.28. The quantitative estimate of drug-likeness (QED) is 0.863. The van der Waals surface area contributed by atoms with Gasteiger partial charge in [0.05, 0.1) is 6.04 Å². The Morgan fingerprint density at radius 2 is 2.04 bits per heavy atom. The number of pyridine rings is 1. The summed E-state index contributed by atoms with van der Waals surface area (Å²) in [6.45, 7) is 5.12. The molecule has 1 amide bonds. The molecule has 2 aromatic rings. The van der Waals surface area contributed by atoms with E-state index in [4.69, 9.17) is 0 Å². The van der Waals surface area contributed by atoms with Crippen LogP contribution >= 0.6 is 0 Å². The van der Waals surface area contributed by atoms with E-state index in [1.54, 1.807) is 0 Å². The van der Waals surface area contributed by atoms with E-state index in [2.05, 4.69) is 30.2 Å². The predicted octanol–water partition coefficient (Wildman–Crippen LogP) is 4.66. The van der Waals surface area contributed by atoms with Crippen molar-refractivity contribution in [2.45, 2.75) is 51.6 Å². The molecule has 0 unspecified atom stereocenters. The molecule has 0 bridgehead atoms. The maximum atomic E-state index is 13.1. The molecular formula is C21H27N3O.